The van der Waals surface area contributed by atoms with Gasteiger partial charge in [0.2, 0.25) is 0 Å². The lowest BCUT2D eigenvalue weighted by Crippen LogP contribution is -2.34. The highest BCUT2D eigenvalue weighted by molar-refractivity contribution is 5.85. The molecule has 1 unspecified atom stereocenters. The van der Waals surface area contributed by atoms with Gasteiger partial charge in [-0.3, -0.25) is 10.1 Å². The van der Waals surface area contributed by atoms with E-state index in [0.29, 0.717) is 6.42 Å². The van der Waals surface area contributed by atoms with E-state index in [2.05, 4.69) is 4.90 Å². The predicted octanol–water partition coefficient (Wildman–Crippen LogP) is 1.84. The molecule has 1 atom stereocenters. The smallest absolute Gasteiger partial charge is 0.272 e. The van der Waals surface area contributed by atoms with Gasteiger partial charge in [-0.05, 0) is 20.4 Å². The number of nitro benzene ring substituents is 1. The Kier molecular flexibility index (Phi) is 7.50. The van der Waals surface area contributed by atoms with E-state index in [4.69, 9.17) is 5.73 Å². The summed E-state index contributed by atoms with van der Waals surface area (Å²) in [5, 5.41) is 10.8. The van der Waals surface area contributed by atoms with E-state index in [-0.39, 0.29) is 29.1 Å². The van der Waals surface area contributed by atoms with Gasteiger partial charge in [0, 0.05) is 30.8 Å². The van der Waals surface area contributed by atoms with Gasteiger partial charge in [-0.2, -0.15) is 0 Å². The molecule has 102 valence electrons. The molecule has 1 aromatic carbocycles. The van der Waals surface area contributed by atoms with Crippen LogP contribution in [0.15, 0.2) is 24.3 Å². The van der Waals surface area contributed by atoms with Crippen molar-refractivity contribution >= 4 is 18.1 Å². The quantitative estimate of drug-likeness (QED) is 0.634. The van der Waals surface area contributed by atoms with Crippen LogP contribution in [0, 0.1) is 10.1 Å². The zero-order valence-electron chi connectivity index (χ0n) is 10.7. The van der Waals surface area contributed by atoms with Crippen molar-refractivity contribution in [1.29, 1.82) is 0 Å². The van der Waals surface area contributed by atoms with Crippen LogP contribution in [0.1, 0.15) is 12.5 Å². The lowest BCUT2D eigenvalue weighted by atomic mass is 10.1. The van der Waals surface area contributed by atoms with Crippen molar-refractivity contribution in [3.8, 4) is 0 Å². The Labute approximate surface area is 114 Å². The second kappa shape index (κ2) is 8.02. The van der Waals surface area contributed by atoms with Crippen molar-refractivity contribution in [2.24, 2.45) is 5.73 Å². The predicted molar refractivity (Wildman–Crippen MR) is 75.2 cm³/mol. The third kappa shape index (κ3) is 5.44. The number of rotatable bonds is 6. The molecule has 18 heavy (non-hydrogen) atoms. The summed E-state index contributed by atoms with van der Waals surface area (Å²) in [6.07, 6.45) is 0.667. The number of hydrogen-bond acceptors (Lipinski definition) is 4. The molecule has 0 spiro atoms. The molecular weight excluding hydrogens is 254 g/mol. The largest absolute Gasteiger partial charge is 0.327 e. The van der Waals surface area contributed by atoms with Crippen molar-refractivity contribution < 1.29 is 4.92 Å². The average Bonchev–Trinajstić information content (AvgIpc) is 2.25. The minimum atomic E-state index is -0.332. The molecule has 0 radical (unpaired) electrons. The molecule has 1 aromatic rings. The maximum Gasteiger partial charge on any atom is 0.272 e. The van der Waals surface area contributed by atoms with E-state index in [1.807, 2.05) is 20.0 Å². The highest BCUT2D eigenvalue weighted by atomic mass is 35.5. The number of nitro groups is 1. The highest BCUT2D eigenvalue weighted by Gasteiger charge is 2.12. The number of nitrogens with zero attached hydrogens (tertiary/aromatic N) is 2. The summed E-state index contributed by atoms with van der Waals surface area (Å²) >= 11 is 0. The van der Waals surface area contributed by atoms with Gasteiger partial charge in [0.25, 0.3) is 5.69 Å². The maximum absolute atomic E-state index is 10.8. The molecule has 0 aliphatic rings. The van der Waals surface area contributed by atoms with Crippen molar-refractivity contribution in [2.75, 3.05) is 20.1 Å². The molecule has 0 fully saturated rings. The van der Waals surface area contributed by atoms with Gasteiger partial charge in [-0.15, -0.1) is 12.4 Å². The summed E-state index contributed by atoms with van der Waals surface area (Å²) in [6.45, 7) is 3.51. The van der Waals surface area contributed by atoms with E-state index in [0.717, 1.165) is 18.7 Å². The normalized spacial score (nSPS) is 12.0. The first-order valence-electron chi connectivity index (χ1n) is 5.67. The number of halogens is 1. The van der Waals surface area contributed by atoms with Crippen LogP contribution < -0.4 is 5.73 Å². The number of hydrogen-bond donors (Lipinski definition) is 1. The Morgan fingerprint density at radius 3 is 2.61 bits per heavy atom. The molecular formula is C12H20ClN3O2. The van der Waals surface area contributed by atoms with Gasteiger partial charge >= 0.3 is 0 Å². The maximum atomic E-state index is 10.8. The van der Waals surface area contributed by atoms with Crippen LogP contribution in [-0.2, 0) is 6.42 Å². The SMILES string of the molecule is CC(N)CN(C)CCc1ccccc1[N+](=O)[O-].Cl. The standard InChI is InChI=1S/C12H19N3O2.ClH/c1-10(13)9-14(2)8-7-11-5-3-4-6-12(11)15(16)17;/h3-6,10H,7-9,13H2,1-2H3;1H. The van der Waals surface area contributed by atoms with Crippen LogP contribution in [0.4, 0.5) is 5.69 Å². The minimum Gasteiger partial charge on any atom is -0.327 e. The molecule has 1 rings (SSSR count). The molecule has 0 aromatic heterocycles. The zero-order chi connectivity index (χ0) is 12.8. The molecule has 0 saturated heterocycles. The molecule has 5 nitrogen and oxygen atoms in total. The number of nitrogens with two attached hydrogens (primary N) is 1. The first kappa shape index (κ1) is 16.8. The second-order valence-electron chi connectivity index (χ2n) is 4.38. The highest BCUT2D eigenvalue weighted by Crippen LogP contribution is 2.18. The minimum absolute atomic E-state index is 0. The lowest BCUT2D eigenvalue weighted by Gasteiger charge is -2.18. The van der Waals surface area contributed by atoms with Crippen molar-refractivity contribution in [3.05, 3.63) is 39.9 Å². The van der Waals surface area contributed by atoms with E-state index in [1.165, 1.54) is 0 Å². The van der Waals surface area contributed by atoms with Crippen molar-refractivity contribution in [3.63, 3.8) is 0 Å². The van der Waals surface area contributed by atoms with E-state index < -0.39 is 0 Å². The van der Waals surface area contributed by atoms with Gasteiger partial charge in [-0.1, -0.05) is 18.2 Å². The average molecular weight is 274 g/mol. The second-order valence-corrected chi connectivity index (χ2v) is 4.38. The molecule has 0 amide bonds. The Balaban J connectivity index is 0.00000289. The summed E-state index contributed by atoms with van der Waals surface area (Å²) in [4.78, 5) is 12.6. The van der Waals surface area contributed by atoms with Crippen LogP contribution in [-0.4, -0.2) is 36.0 Å². The fraction of sp³-hybridized carbons (Fsp3) is 0.500. The van der Waals surface area contributed by atoms with Gasteiger partial charge in [-0.25, -0.2) is 0 Å². The summed E-state index contributed by atoms with van der Waals surface area (Å²) in [6, 6.07) is 6.98. The van der Waals surface area contributed by atoms with E-state index >= 15 is 0 Å². The number of benzene rings is 1. The molecule has 0 aliphatic heterocycles. The number of para-hydroxylation sites is 1. The molecule has 6 heteroatoms. The van der Waals surface area contributed by atoms with Crippen LogP contribution in [0.5, 0.6) is 0 Å². The third-order valence-electron chi connectivity index (χ3n) is 2.55. The summed E-state index contributed by atoms with van der Waals surface area (Å²) in [7, 11) is 1.97. The Morgan fingerprint density at radius 1 is 1.44 bits per heavy atom. The molecule has 0 heterocycles. The summed E-state index contributed by atoms with van der Waals surface area (Å²) < 4.78 is 0. The van der Waals surface area contributed by atoms with Gasteiger partial charge < -0.3 is 10.6 Å². The first-order chi connectivity index (χ1) is 8.00. The monoisotopic (exact) mass is 273 g/mol. The summed E-state index contributed by atoms with van der Waals surface area (Å²) in [5.74, 6) is 0. The van der Waals surface area contributed by atoms with Crippen LogP contribution in [0.2, 0.25) is 0 Å². The van der Waals surface area contributed by atoms with Crippen LogP contribution in [0.25, 0.3) is 0 Å². The number of likely N-dealkylation sites (N-methyl/N-ethyl adjacent to an activating group) is 1. The topological polar surface area (TPSA) is 72.4 Å². The van der Waals surface area contributed by atoms with Crippen molar-refractivity contribution in [1.82, 2.24) is 4.90 Å². The Morgan fingerprint density at radius 2 is 2.06 bits per heavy atom. The van der Waals surface area contributed by atoms with Gasteiger partial charge in [0.1, 0.15) is 0 Å². The first-order valence-corrected chi connectivity index (χ1v) is 5.67. The molecule has 0 bridgehead atoms. The molecule has 0 saturated carbocycles. The Hall–Kier alpha value is -1.17. The van der Waals surface area contributed by atoms with Crippen molar-refractivity contribution in [2.45, 2.75) is 19.4 Å². The molecule has 0 aliphatic carbocycles. The fourth-order valence-electron chi connectivity index (χ4n) is 1.79. The molecule has 2 N–H and O–H groups in total. The fourth-order valence-corrected chi connectivity index (χ4v) is 1.79. The van der Waals surface area contributed by atoms with E-state index in [9.17, 15) is 10.1 Å². The lowest BCUT2D eigenvalue weighted by molar-refractivity contribution is -0.385. The van der Waals surface area contributed by atoms with Crippen LogP contribution in [0.3, 0.4) is 0 Å². The van der Waals surface area contributed by atoms with E-state index in [1.54, 1.807) is 18.2 Å². The zero-order valence-corrected chi connectivity index (χ0v) is 11.5. The van der Waals surface area contributed by atoms with Gasteiger partial charge in [0.15, 0.2) is 0 Å². The van der Waals surface area contributed by atoms with Gasteiger partial charge in [0.05, 0.1) is 4.92 Å². The third-order valence-corrected chi connectivity index (χ3v) is 2.55. The van der Waals surface area contributed by atoms with Crippen LogP contribution >= 0.6 is 12.4 Å². The summed E-state index contributed by atoms with van der Waals surface area (Å²) in [5.41, 5.74) is 6.66. The Bertz CT molecular complexity index is 385.